The molecule has 0 aliphatic heterocycles. The lowest BCUT2D eigenvalue weighted by Gasteiger charge is -2.01. The molecule has 0 fully saturated rings. The normalized spacial score (nSPS) is 16.2. The minimum absolute atomic E-state index is 0.771. The summed E-state index contributed by atoms with van der Waals surface area (Å²) < 4.78 is 0. The fourth-order valence-electron chi connectivity index (χ4n) is 1.79. The van der Waals surface area contributed by atoms with Gasteiger partial charge in [-0.15, -0.1) is 0 Å². The number of allylic oxidation sites excluding steroid dienone is 6. The van der Waals surface area contributed by atoms with Crippen LogP contribution in [0.15, 0.2) is 23.9 Å². The topological polar surface area (TPSA) is 67.6 Å². The van der Waals surface area contributed by atoms with Crippen LogP contribution < -0.4 is 5.73 Å². The summed E-state index contributed by atoms with van der Waals surface area (Å²) in [6, 6.07) is 0. The highest BCUT2D eigenvalue weighted by Crippen LogP contribution is 2.22. The van der Waals surface area contributed by atoms with Gasteiger partial charge in [-0.1, -0.05) is 25.2 Å². The van der Waals surface area contributed by atoms with Crippen LogP contribution in [0.1, 0.15) is 38.3 Å². The number of hydrogen-bond donors (Lipinski definition) is 2. The van der Waals surface area contributed by atoms with Crippen molar-refractivity contribution in [3.63, 3.8) is 0 Å². The molecule has 84 valence electrons. The number of H-pyrrole nitrogens is 1. The number of rotatable bonds is 3. The van der Waals surface area contributed by atoms with Crippen LogP contribution in [-0.4, -0.2) is 15.2 Å². The van der Waals surface area contributed by atoms with Crippen LogP contribution in [0.2, 0.25) is 0 Å². The van der Waals surface area contributed by atoms with Crippen molar-refractivity contribution in [1.29, 1.82) is 0 Å². The molecule has 0 saturated heterocycles. The van der Waals surface area contributed by atoms with Gasteiger partial charge < -0.3 is 5.73 Å². The molecule has 0 unspecified atom stereocenters. The van der Waals surface area contributed by atoms with Gasteiger partial charge in [-0.3, -0.25) is 5.10 Å². The Labute approximate surface area is 95.0 Å². The minimum atomic E-state index is 0.771. The lowest BCUT2D eigenvalue weighted by Crippen LogP contribution is -1.99. The van der Waals surface area contributed by atoms with Crippen molar-refractivity contribution in [1.82, 2.24) is 15.2 Å². The van der Waals surface area contributed by atoms with E-state index >= 15 is 0 Å². The summed E-state index contributed by atoms with van der Waals surface area (Å²) in [6.07, 6.45) is 7.92. The molecular weight excluding hydrogens is 200 g/mol. The summed E-state index contributed by atoms with van der Waals surface area (Å²) >= 11 is 0. The largest absolute Gasteiger partial charge is 0.402 e. The second-order valence-electron chi connectivity index (χ2n) is 3.85. The molecule has 16 heavy (non-hydrogen) atoms. The molecule has 0 saturated carbocycles. The monoisotopic (exact) mass is 216 g/mol. The molecule has 4 nitrogen and oxygen atoms in total. The SMILES string of the molecule is CC/C(=C(\C)N)c1nc(C2=CC=CC2)n[nH]1. The van der Waals surface area contributed by atoms with Gasteiger partial charge in [0, 0.05) is 16.8 Å². The molecule has 1 aliphatic rings. The Morgan fingerprint density at radius 3 is 2.94 bits per heavy atom. The third kappa shape index (κ3) is 1.91. The third-order valence-electron chi connectivity index (χ3n) is 2.66. The minimum Gasteiger partial charge on any atom is -0.402 e. The number of nitrogens with zero attached hydrogens (tertiary/aromatic N) is 2. The molecule has 1 aliphatic carbocycles. The summed E-state index contributed by atoms with van der Waals surface area (Å²) in [5, 5.41) is 7.16. The van der Waals surface area contributed by atoms with Gasteiger partial charge in [-0.05, 0) is 19.8 Å². The van der Waals surface area contributed by atoms with E-state index in [1.807, 2.05) is 19.1 Å². The fraction of sp³-hybridized carbons (Fsp3) is 0.333. The lowest BCUT2D eigenvalue weighted by molar-refractivity contribution is 1.03. The van der Waals surface area contributed by atoms with E-state index in [-0.39, 0.29) is 0 Å². The van der Waals surface area contributed by atoms with E-state index in [0.29, 0.717) is 0 Å². The average Bonchev–Trinajstić information content (AvgIpc) is 2.86. The highest BCUT2D eigenvalue weighted by Gasteiger charge is 2.12. The van der Waals surface area contributed by atoms with Gasteiger partial charge in [-0.25, -0.2) is 4.98 Å². The second kappa shape index (κ2) is 4.35. The van der Waals surface area contributed by atoms with Gasteiger partial charge in [0.1, 0.15) is 0 Å². The fourth-order valence-corrected chi connectivity index (χ4v) is 1.79. The first-order chi connectivity index (χ1) is 7.72. The third-order valence-corrected chi connectivity index (χ3v) is 2.66. The van der Waals surface area contributed by atoms with Crippen molar-refractivity contribution in [3.8, 4) is 0 Å². The Bertz CT molecular complexity index is 473. The van der Waals surface area contributed by atoms with Crippen molar-refractivity contribution in [3.05, 3.63) is 35.6 Å². The highest BCUT2D eigenvalue weighted by atomic mass is 15.2. The molecule has 1 aromatic rings. The first-order valence-electron chi connectivity index (χ1n) is 5.46. The zero-order valence-corrected chi connectivity index (χ0v) is 9.62. The highest BCUT2D eigenvalue weighted by molar-refractivity contribution is 5.68. The van der Waals surface area contributed by atoms with E-state index in [4.69, 9.17) is 5.73 Å². The van der Waals surface area contributed by atoms with Gasteiger partial charge >= 0.3 is 0 Å². The van der Waals surface area contributed by atoms with Crippen LogP contribution in [0, 0.1) is 0 Å². The van der Waals surface area contributed by atoms with Crippen molar-refractivity contribution in [2.45, 2.75) is 26.7 Å². The lowest BCUT2D eigenvalue weighted by atomic mass is 10.1. The second-order valence-corrected chi connectivity index (χ2v) is 3.85. The maximum Gasteiger partial charge on any atom is 0.177 e. The van der Waals surface area contributed by atoms with E-state index in [9.17, 15) is 0 Å². The summed E-state index contributed by atoms with van der Waals surface area (Å²) in [5.74, 6) is 1.55. The number of nitrogens with two attached hydrogens (primary N) is 1. The zero-order valence-electron chi connectivity index (χ0n) is 9.62. The van der Waals surface area contributed by atoms with E-state index in [1.54, 1.807) is 0 Å². The van der Waals surface area contributed by atoms with Gasteiger partial charge in [0.25, 0.3) is 0 Å². The smallest absolute Gasteiger partial charge is 0.177 e. The summed E-state index contributed by atoms with van der Waals surface area (Å²) in [5.41, 5.74) is 8.78. The Balaban J connectivity index is 2.29. The first-order valence-corrected chi connectivity index (χ1v) is 5.46. The summed E-state index contributed by atoms with van der Waals surface area (Å²) in [6.45, 7) is 3.95. The molecule has 2 rings (SSSR count). The average molecular weight is 216 g/mol. The van der Waals surface area contributed by atoms with Crippen molar-refractivity contribution in [2.75, 3.05) is 0 Å². The molecule has 0 amide bonds. The molecule has 4 heteroatoms. The van der Waals surface area contributed by atoms with E-state index < -0.39 is 0 Å². The Kier molecular flexibility index (Phi) is 2.90. The number of hydrogen-bond acceptors (Lipinski definition) is 3. The Morgan fingerprint density at radius 1 is 1.56 bits per heavy atom. The van der Waals surface area contributed by atoms with E-state index in [1.165, 1.54) is 0 Å². The van der Waals surface area contributed by atoms with Crippen LogP contribution in [0.5, 0.6) is 0 Å². The van der Waals surface area contributed by atoms with Gasteiger partial charge in [0.15, 0.2) is 11.6 Å². The van der Waals surface area contributed by atoms with Crippen LogP contribution in [-0.2, 0) is 0 Å². The van der Waals surface area contributed by atoms with Crippen LogP contribution in [0.3, 0.4) is 0 Å². The molecule has 0 spiro atoms. The predicted molar refractivity (Wildman–Crippen MR) is 65.2 cm³/mol. The zero-order chi connectivity index (χ0) is 11.5. The van der Waals surface area contributed by atoms with Crippen LogP contribution >= 0.6 is 0 Å². The van der Waals surface area contributed by atoms with Crippen molar-refractivity contribution >= 4 is 11.1 Å². The van der Waals surface area contributed by atoms with Gasteiger partial charge in [-0.2, -0.15) is 5.10 Å². The molecule has 0 aromatic carbocycles. The van der Waals surface area contributed by atoms with Gasteiger partial charge in [0.2, 0.25) is 0 Å². The van der Waals surface area contributed by atoms with Crippen LogP contribution in [0.4, 0.5) is 0 Å². The molecule has 0 atom stereocenters. The van der Waals surface area contributed by atoms with Crippen molar-refractivity contribution in [2.24, 2.45) is 5.73 Å². The summed E-state index contributed by atoms with van der Waals surface area (Å²) in [7, 11) is 0. The Hall–Kier alpha value is -1.84. The van der Waals surface area contributed by atoms with Crippen molar-refractivity contribution < 1.29 is 0 Å². The Morgan fingerprint density at radius 2 is 2.38 bits per heavy atom. The molecular formula is C12H16N4. The number of nitrogens with one attached hydrogen (secondary N) is 1. The molecule has 1 heterocycles. The maximum atomic E-state index is 5.81. The van der Waals surface area contributed by atoms with E-state index in [2.05, 4.69) is 28.2 Å². The molecule has 0 radical (unpaired) electrons. The number of aromatic amines is 1. The molecule has 1 aromatic heterocycles. The van der Waals surface area contributed by atoms with E-state index in [0.717, 1.165) is 41.3 Å². The molecule has 0 bridgehead atoms. The maximum absolute atomic E-state index is 5.81. The standard InChI is InChI=1S/C12H16N4/c1-3-10(8(2)13)12-14-11(15-16-12)9-6-4-5-7-9/h4-6H,3,7,13H2,1-2H3,(H,14,15,16)/b10-8-. The van der Waals surface area contributed by atoms with Gasteiger partial charge in [0.05, 0.1) is 0 Å². The summed E-state index contributed by atoms with van der Waals surface area (Å²) in [4.78, 5) is 4.47. The predicted octanol–water partition coefficient (Wildman–Crippen LogP) is 2.25. The first kappa shape index (κ1) is 10.7. The quantitative estimate of drug-likeness (QED) is 0.814. The van der Waals surface area contributed by atoms with Crippen LogP contribution in [0.25, 0.3) is 11.1 Å². The molecule has 3 N–H and O–H groups in total. The number of aromatic nitrogens is 3.